The van der Waals surface area contributed by atoms with Crippen LogP contribution >= 0.6 is 0 Å². The summed E-state index contributed by atoms with van der Waals surface area (Å²) in [6.07, 6.45) is 1.66. The van der Waals surface area contributed by atoms with E-state index in [4.69, 9.17) is 4.74 Å². The maximum absolute atomic E-state index is 13.2. The Morgan fingerprint density at radius 2 is 1.97 bits per heavy atom. The second-order valence-corrected chi connectivity index (χ2v) is 10.1. The first-order chi connectivity index (χ1) is 16.1. The molecule has 2 heterocycles. The van der Waals surface area contributed by atoms with Gasteiger partial charge >= 0.3 is 5.97 Å². The summed E-state index contributed by atoms with van der Waals surface area (Å²) in [6, 6.07) is 11.9. The van der Waals surface area contributed by atoms with Crippen molar-refractivity contribution in [3.63, 3.8) is 0 Å². The highest BCUT2D eigenvalue weighted by atomic mass is 32.2. The van der Waals surface area contributed by atoms with E-state index in [0.29, 0.717) is 34.7 Å². The van der Waals surface area contributed by atoms with Crippen LogP contribution in [0.3, 0.4) is 0 Å². The predicted octanol–water partition coefficient (Wildman–Crippen LogP) is 3.12. The van der Waals surface area contributed by atoms with E-state index in [1.165, 1.54) is 10.6 Å². The van der Waals surface area contributed by atoms with Crippen LogP contribution in [-0.4, -0.2) is 45.0 Å². The number of allylic oxidation sites excluding steroid dienone is 1. The molecule has 9 nitrogen and oxygen atoms in total. The molecule has 0 aliphatic carbocycles. The molecule has 0 bridgehead atoms. The molecule has 0 radical (unpaired) electrons. The topological polar surface area (TPSA) is 117 Å². The summed E-state index contributed by atoms with van der Waals surface area (Å²) in [5.41, 5.74) is 3.53. The van der Waals surface area contributed by atoms with Crippen molar-refractivity contribution in [1.29, 1.82) is 0 Å². The smallest absolute Gasteiger partial charge is 0.343 e. The zero-order valence-corrected chi connectivity index (χ0v) is 20.2. The predicted molar refractivity (Wildman–Crippen MR) is 131 cm³/mol. The molecule has 1 amide bonds. The van der Waals surface area contributed by atoms with Crippen molar-refractivity contribution >= 4 is 44.8 Å². The second kappa shape index (κ2) is 8.94. The lowest BCUT2D eigenvalue weighted by Gasteiger charge is -2.22. The fourth-order valence-electron chi connectivity index (χ4n) is 4.27. The number of carbonyl (C=O) groups excluding carboxylic acids is 2. The van der Waals surface area contributed by atoms with E-state index in [1.807, 2.05) is 25.1 Å². The molecule has 2 aromatic rings. The van der Waals surface area contributed by atoms with Gasteiger partial charge in [0.2, 0.25) is 10.0 Å². The zero-order chi connectivity index (χ0) is 24.6. The van der Waals surface area contributed by atoms with Crippen molar-refractivity contribution in [3.05, 3.63) is 64.9 Å². The minimum absolute atomic E-state index is 0.0741. The number of carbonyl (C=O) groups is 2. The van der Waals surface area contributed by atoms with Crippen LogP contribution in [0.2, 0.25) is 0 Å². The average molecular weight is 483 g/mol. The lowest BCUT2D eigenvalue weighted by Crippen LogP contribution is -2.35. The van der Waals surface area contributed by atoms with Gasteiger partial charge in [0.25, 0.3) is 5.91 Å². The first-order valence-corrected chi connectivity index (χ1v) is 12.7. The molecule has 0 spiro atoms. The molecule has 2 N–H and O–H groups in total. The van der Waals surface area contributed by atoms with Gasteiger partial charge in [-0.25, -0.2) is 18.2 Å². The first kappa shape index (κ1) is 23.5. The molecular formula is C24H26N4O5S. The van der Waals surface area contributed by atoms with E-state index in [-0.39, 0.29) is 24.1 Å². The summed E-state index contributed by atoms with van der Waals surface area (Å²) in [7, 11) is -3.43. The van der Waals surface area contributed by atoms with Crippen LogP contribution in [0.15, 0.2) is 58.7 Å². The number of para-hydroxylation sites is 2. The number of sulfonamides is 1. The number of fused-ring (bicyclic) bond motifs is 2. The molecule has 0 fully saturated rings. The van der Waals surface area contributed by atoms with E-state index in [2.05, 4.69) is 15.6 Å². The van der Waals surface area contributed by atoms with Crippen molar-refractivity contribution in [2.45, 2.75) is 33.2 Å². The highest BCUT2D eigenvalue weighted by molar-refractivity contribution is 7.92. The summed E-state index contributed by atoms with van der Waals surface area (Å²) in [5.74, 6) is -1.00. The Kier molecular flexibility index (Phi) is 6.18. The van der Waals surface area contributed by atoms with Crippen LogP contribution in [-0.2, 0) is 26.0 Å². The van der Waals surface area contributed by atoms with Gasteiger partial charge in [-0.3, -0.25) is 9.10 Å². The number of esters is 1. The Labute approximate surface area is 198 Å². The minimum Gasteiger partial charge on any atom is -0.462 e. The summed E-state index contributed by atoms with van der Waals surface area (Å²) >= 11 is 0. The molecule has 4 rings (SSSR count). The molecule has 10 heteroatoms. The first-order valence-electron chi connectivity index (χ1n) is 10.9. The lowest BCUT2D eigenvalue weighted by molar-refractivity contribution is -0.137. The number of hydrogen-bond donors (Lipinski definition) is 2. The number of amidine groups is 1. The Morgan fingerprint density at radius 1 is 1.24 bits per heavy atom. The summed E-state index contributed by atoms with van der Waals surface area (Å²) in [6.45, 7) is 5.41. The van der Waals surface area contributed by atoms with Gasteiger partial charge in [-0.05, 0) is 63.1 Å². The maximum atomic E-state index is 13.2. The van der Waals surface area contributed by atoms with E-state index >= 15 is 0 Å². The molecular weight excluding hydrogens is 456 g/mol. The Bertz CT molecular complexity index is 1350. The van der Waals surface area contributed by atoms with Crippen LogP contribution in [0, 0.1) is 0 Å². The number of rotatable bonds is 4. The molecule has 0 saturated heterocycles. The van der Waals surface area contributed by atoms with Crippen molar-refractivity contribution in [2.24, 2.45) is 4.99 Å². The Balaban J connectivity index is 1.70. The van der Waals surface area contributed by atoms with Gasteiger partial charge in [0.05, 0.1) is 29.9 Å². The van der Waals surface area contributed by atoms with Gasteiger partial charge in [-0.15, -0.1) is 0 Å². The van der Waals surface area contributed by atoms with Gasteiger partial charge in [-0.2, -0.15) is 0 Å². The zero-order valence-electron chi connectivity index (χ0n) is 19.4. The minimum atomic E-state index is -3.43. The quantitative estimate of drug-likeness (QED) is 0.647. The van der Waals surface area contributed by atoms with E-state index in [0.717, 1.165) is 5.56 Å². The van der Waals surface area contributed by atoms with E-state index in [9.17, 15) is 18.0 Å². The third-order valence-corrected chi connectivity index (χ3v) is 6.91. The number of anilines is 2. The van der Waals surface area contributed by atoms with Crippen LogP contribution in [0.1, 0.15) is 36.7 Å². The molecule has 34 heavy (non-hydrogen) atoms. The fourth-order valence-corrected chi connectivity index (χ4v) is 5.53. The van der Waals surface area contributed by atoms with Crippen LogP contribution in [0.5, 0.6) is 0 Å². The lowest BCUT2D eigenvalue weighted by atomic mass is 10.1. The van der Waals surface area contributed by atoms with Gasteiger partial charge in [0.15, 0.2) is 0 Å². The SMILES string of the molecule is CCOC(=O)C1=C(C)Nc2ccccc2N=C1NC(=O)c1ccc2c(c1)CC(C)N2S(C)(=O)=O. The number of amides is 1. The van der Waals surface area contributed by atoms with Crippen LogP contribution in [0.25, 0.3) is 0 Å². The number of nitrogens with one attached hydrogen (secondary N) is 2. The van der Waals surface area contributed by atoms with Crippen molar-refractivity contribution in [2.75, 3.05) is 22.5 Å². The standard InChI is InChI=1S/C24H26N4O5S/c1-5-33-24(30)21-15(3)25-18-8-6-7-9-19(18)26-22(21)27-23(29)16-10-11-20-17(13-16)12-14(2)28(20)34(4,31)32/h6-11,13-14,25H,5,12H2,1-4H3,(H,26,27,29). The number of hydrogen-bond acceptors (Lipinski definition) is 7. The molecule has 178 valence electrons. The molecule has 2 aliphatic heterocycles. The molecule has 0 saturated carbocycles. The average Bonchev–Trinajstić information content (AvgIpc) is 3.02. The van der Waals surface area contributed by atoms with Gasteiger partial charge < -0.3 is 15.4 Å². The normalized spacial score (nSPS) is 17.2. The van der Waals surface area contributed by atoms with Gasteiger partial charge in [-0.1, -0.05) is 12.1 Å². The van der Waals surface area contributed by atoms with Crippen molar-refractivity contribution < 1.29 is 22.7 Å². The monoisotopic (exact) mass is 482 g/mol. The van der Waals surface area contributed by atoms with Crippen LogP contribution < -0.4 is 14.9 Å². The summed E-state index contributed by atoms with van der Waals surface area (Å²) in [5, 5.41) is 5.92. The van der Waals surface area contributed by atoms with Gasteiger partial charge in [0.1, 0.15) is 11.4 Å². The second-order valence-electron chi connectivity index (χ2n) is 8.23. The largest absolute Gasteiger partial charge is 0.462 e. The number of ether oxygens (including phenoxy) is 1. The third-order valence-electron chi connectivity index (χ3n) is 5.63. The fraction of sp³-hybridized carbons (Fsp3) is 0.292. The Morgan fingerprint density at radius 3 is 2.68 bits per heavy atom. The van der Waals surface area contributed by atoms with Gasteiger partial charge in [0, 0.05) is 17.3 Å². The molecule has 1 unspecified atom stereocenters. The number of aliphatic imine (C=N–C) groups is 1. The summed E-state index contributed by atoms with van der Waals surface area (Å²) < 4.78 is 30.9. The van der Waals surface area contributed by atoms with Crippen LogP contribution in [0.4, 0.5) is 17.1 Å². The van der Waals surface area contributed by atoms with Crippen molar-refractivity contribution in [3.8, 4) is 0 Å². The highest BCUT2D eigenvalue weighted by Crippen LogP contribution is 2.35. The van der Waals surface area contributed by atoms with Crippen molar-refractivity contribution in [1.82, 2.24) is 5.32 Å². The highest BCUT2D eigenvalue weighted by Gasteiger charge is 2.33. The molecule has 1 atom stereocenters. The molecule has 0 aromatic heterocycles. The van der Waals surface area contributed by atoms with E-state index in [1.54, 1.807) is 38.1 Å². The van der Waals surface area contributed by atoms with E-state index < -0.39 is 21.9 Å². The Hall–Kier alpha value is -3.66. The maximum Gasteiger partial charge on any atom is 0.343 e. The summed E-state index contributed by atoms with van der Waals surface area (Å²) in [4.78, 5) is 30.5. The molecule has 2 aromatic carbocycles. The number of nitrogens with zero attached hydrogens (tertiary/aromatic N) is 2. The number of benzene rings is 2. The molecule has 2 aliphatic rings. The third kappa shape index (κ3) is 4.41.